The third kappa shape index (κ3) is 2.46. The van der Waals surface area contributed by atoms with Crippen molar-refractivity contribution < 1.29 is 20.1 Å². The summed E-state index contributed by atoms with van der Waals surface area (Å²) in [6.45, 7) is 0.347. The van der Waals surface area contributed by atoms with E-state index in [1.807, 2.05) is 6.07 Å². The van der Waals surface area contributed by atoms with Crippen molar-refractivity contribution in [3.05, 3.63) is 35.9 Å². The van der Waals surface area contributed by atoms with E-state index >= 15 is 0 Å². The largest absolute Gasteiger partial charge is 0.480 e. The van der Waals surface area contributed by atoms with Gasteiger partial charge in [0.15, 0.2) is 0 Å². The summed E-state index contributed by atoms with van der Waals surface area (Å²) >= 11 is 0. The molecule has 1 saturated heterocycles. The number of carboxylic acids is 1. The summed E-state index contributed by atoms with van der Waals surface area (Å²) < 4.78 is 0. The lowest BCUT2D eigenvalue weighted by atomic mass is 10.1. The third-order valence-corrected chi connectivity index (χ3v) is 3.00. The maximum Gasteiger partial charge on any atom is 0.325 e. The second-order valence-corrected chi connectivity index (χ2v) is 4.24. The average Bonchev–Trinajstić information content (AvgIpc) is 2.60. The van der Waals surface area contributed by atoms with Gasteiger partial charge in [0.25, 0.3) is 0 Å². The maximum absolute atomic E-state index is 11.3. The van der Waals surface area contributed by atoms with Gasteiger partial charge in [0.1, 0.15) is 6.04 Å². The van der Waals surface area contributed by atoms with E-state index in [9.17, 15) is 20.1 Å². The highest BCUT2D eigenvalue weighted by atomic mass is 16.4. The number of rotatable bonds is 3. The van der Waals surface area contributed by atoms with Crippen molar-refractivity contribution >= 4 is 5.97 Å². The standard InChI is InChI=1S/C12H15NO4/c14-9-6-13(7-10(9)15)11(12(16)17)8-4-2-1-3-5-8/h1-5,9-11,14-15H,6-7H2,(H,16,17). The topological polar surface area (TPSA) is 81.0 Å². The van der Waals surface area contributed by atoms with Gasteiger partial charge < -0.3 is 15.3 Å². The molecule has 0 aromatic heterocycles. The predicted molar refractivity (Wildman–Crippen MR) is 60.4 cm³/mol. The van der Waals surface area contributed by atoms with E-state index in [1.54, 1.807) is 29.2 Å². The molecule has 0 amide bonds. The number of nitrogens with zero attached hydrogens (tertiary/aromatic N) is 1. The predicted octanol–water partition coefficient (Wildman–Crippen LogP) is -0.150. The molecule has 1 heterocycles. The highest BCUT2D eigenvalue weighted by Gasteiger charge is 2.37. The van der Waals surface area contributed by atoms with E-state index in [2.05, 4.69) is 0 Å². The Morgan fingerprint density at radius 3 is 2.18 bits per heavy atom. The van der Waals surface area contributed by atoms with Crippen LogP contribution in [0.15, 0.2) is 30.3 Å². The summed E-state index contributed by atoms with van der Waals surface area (Å²) in [7, 11) is 0. The van der Waals surface area contributed by atoms with Crippen LogP contribution in [0.5, 0.6) is 0 Å². The van der Waals surface area contributed by atoms with E-state index in [1.165, 1.54) is 0 Å². The number of benzene rings is 1. The first-order valence-corrected chi connectivity index (χ1v) is 5.47. The molecule has 2 rings (SSSR count). The Kier molecular flexibility index (Phi) is 3.42. The second kappa shape index (κ2) is 4.83. The minimum atomic E-state index is -0.975. The van der Waals surface area contributed by atoms with Gasteiger partial charge in [0.2, 0.25) is 0 Å². The number of aliphatic carboxylic acids is 1. The Balaban J connectivity index is 2.23. The van der Waals surface area contributed by atoms with E-state index in [-0.39, 0.29) is 13.1 Å². The molecule has 17 heavy (non-hydrogen) atoms. The lowest BCUT2D eigenvalue weighted by Gasteiger charge is -2.23. The van der Waals surface area contributed by atoms with Gasteiger partial charge in [0, 0.05) is 13.1 Å². The summed E-state index contributed by atoms with van der Waals surface area (Å²) in [6, 6.07) is 8.01. The second-order valence-electron chi connectivity index (χ2n) is 4.24. The zero-order chi connectivity index (χ0) is 12.4. The summed E-state index contributed by atoms with van der Waals surface area (Å²) in [6.07, 6.45) is -1.75. The fraction of sp³-hybridized carbons (Fsp3) is 0.417. The van der Waals surface area contributed by atoms with Gasteiger partial charge >= 0.3 is 5.97 Å². The molecular weight excluding hydrogens is 222 g/mol. The number of likely N-dealkylation sites (tertiary alicyclic amines) is 1. The molecule has 0 aliphatic carbocycles. The van der Waals surface area contributed by atoms with Gasteiger partial charge in [-0.25, -0.2) is 0 Å². The normalized spacial score (nSPS) is 26.9. The number of hydrogen-bond acceptors (Lipinski definition) is 4. The molecule has 92 valence electrons. The van der Waals surface area contributed by atoms with Crippen molar-refractivity contribution in [3.63, 3.8) is 0 Å². The quantitative estimate of drug-likeness (QED) is 0.681. The SMILES string of the molecule is O=C(O)C(c1ccccc1)N1CC(O)C(O)C1. The van der Waals surface area contributed by atoms with Crippen LogP contribution in [0, 0.1) is 0 Å². The van der Waals surface area contributed by atoms with Crippen LogP contribution in [0.1, 0.15) is 11.6 Å². The average molecular weight is 237 g/mol. The van der Waals surface area contributed by atoms with Crippen molar-refractivity contribution in [2.24, 2.45) is 0 Å². The van der Waals surface area contributed by atoms with Gasteiger partial charge in [0.05, 0.1) is 12.2 Å². The fourth-order valence-corrected chi connectivity index (χ4v) is 2.15. The van der Waals surface area contributed by atoms with Crippen LogP contribution in [-0.4, -0.2) is 51.5 Å². The van der Waals surface area contributed by atoms with Crippen LogP contribution in [-0.2, 0) is 4.79 Å². The molecule has 0 saturated carbocycles. The first kappa shape index (κ1) is 12.0. The number of carbonyl (C=O) groups is 1. The summed E-state index contributed by atoms with van der Waals surface area (Å²) in [5, 5.41) is 28.2. The monoisotopic (exact) mass is 237 g/mol. The van der Waals surface area contributed by atoms with Crippen molar-refractivity contribution in [2.75, 3.05) is 13.1 Å². The molecule has 5 heteroatoms. The zero-order valence-corrected chi connectivity index (χ0v) is 9.23. The van der Waals surface area contributed by atoms with Crippen LogP contribution in [0.4, 0.5) is 0 Å². The Labute approximate surface area is 98.9 Å². The van der Waals surface area contributed by atoms with Crippen LogP contribution < -0.4 is 0 Å². The minimum Gasteiger partial charge on any atom is -0.480 e. The van der Waals surface area contributed by atoms with E-state index in [0.29, 0.717) is 5.56 Å². The highest BCUT2D eigenvalue weighted by molar-refractivity contribution is 5.75. The first-order chi connectivity index (χ1) is 8.09. The van der Waals surface area contributed by atoms with Crippen molar-refractivity contribution in [1.82, 2.24) is 4.90 Å². The molecule has 5 nitrogen and oxygen atoms in total. The molecule has 1 aliphatic heterocycles. The molecule has 1 aromatic carbocycles. The Morgan fingerprint density at radius 1 is 1.18 bits per heavy atom. The molecular formula is C12H15NO4. The van der Waals surface area contributed by atoms with Crippen molar-refractivity contribution in [2.45, 2.75) is 18.2 Å². The van der Waals surface area contributed by atoms with Crippen molar-refractivity contribution in [3.8, 4) is 0 Å². The van der Waals surface area contributed by atoms with Gasteiger partial charge in [-0.3, -0.25) is 9.69 Å². The Hall–Kier alpha value is -1.43. The maximum atomic E-state index is 11.3. The molecule has 1 fully saturated rings. The fourth-order valence-electron chi connectivity index (χ4n) is 2.15. The van der Waals surface area contributed by atoms with Crippen LogP contribution in [0.3, 0.4) is 0 Å². The van der Waals surface area contributed by atoms with Crippen LogP contribution in [0.2, 0.25) is 0 Å². The summed E-state index contributed by atoms with van der Waals surface area (Å²) in [5.74, 6) is -0.975. The number of β-amino-alcohol motifs (C(OH)–C–C–N with tert-alkyl or cyclic N) is 2. The van der Waals surface area contributed by atoms with Gasteiger partial charge in [-0.2, -0.15) is 0 Å². The summed E-state index contributed by atoms with van der Waals surface area (Å²) in [4.78, 5) is 12.9. The lowest BCUT2D eigenvalue weighted by molar-refractivity contribution is -0.143. The van der Waals surface area contributed by atoms with E-state index in [4.69, 9.17) is 0 Å². The van der Waals surface area contributed by atoms with Crippen LogP contribution in [0.25, 0.3) is 0 Å². The molecule has 0 radical (unpaired) electrons. The van der Waals surface area contributed by atoms with Crippen LogP contribution >= 0.6 is 0 Å². The first-order valence-electron chi connectivity index (χ1n) is 5.47. The molecule has 1 aliphatic rings. The Morgan fingerprint density at radius 2 is 1.71 bits per heavy atom. The third-order valence-electron chi connectivity index (χ3n) is 3.00. The minimum absolute atomic E-state index is 0.174. The van der Waals surface area contributed by atoms with Gasteiger partial charge in [-0.05, 0) is 5.56 Å². The lowest BCUT2D eigenvalue weighted by Crippen LogP contribution is -2.33. The number of hydrogen-bond donors (Lipinski definition) is 3. The smallest absolute Gasteiger partial charge is 0.325 e. The Bertz CT molecular complexity index is 385. The van der Waals surface area contributed by atoms with Gasteiger partial charge in [-0.15, -0.1) is 0 Å². The molecule has 3 unspecified atom stereocenters. The molecule has 0 spiro atoms. The van der Waals surface area contributed by atoms with Gasteiger partial charge in [-0.1, -0.05) is 30.3 Å². The molecule has 3 atom stereocenters. The number of carboxylic acid groups (broad SMARTS) is 1. The molecule has 3 N–H and O–H groups in total. The van der Waals surface area contributed by atoms with Crippen molar-refractivity contribution in [1.29, 1.82) is 0 Å². The molecule has 1 aromatic rings. The molecule has 0 bridgehead atoms. The van der Waals surface area contributed by atoms with E-state index < -0.39 is 24.2 Å². The number of aliphatic hydroxyl groups excluding tert-OH is 2. The zero-order valence-electron chi connectivity index (χ0n) is 9.23. The summed E-state index contributed by atoms with van der Waals surface area (Å²) in [5.41, 5.74) is 0.654. The highest BCUT2D eigenvalue weighted by Crippen LogP contribution is 2.25. The van der Waals surface area contributed by atoms with E-state index in [0.717, 1.165) is 0 Å². The number of aliphatic hydroxyl groups is 2.